The van der Waals surface area contributed by atoms with Gasteiger partial charge in [-0.1, -0.05) is 103 Å². The third-order valence-corrected chi connectivity index (χ3v) is 17.8. The van der Waals surface area contributed by atoms with Crippen LogP contribution in [0.2, 0.25) is 0 Å². The molecule has 0 spiro atoms. The van der Waals surface area contributed by atoms with Crippen LogP contribution in [0.25, 0.3) is 0 Å². The third-order valence-electron chi connectivity index (χ3n) is 16.6. The lowest BCUT2D eigenvalue weighted by Crippen LogP contribution is -2.31. The van der Waals surface area contributed by atoms with Crippen molar-refractivity contribution in [2.45, 2.75) is 193 Å². The maximum atomic E-state index is 14.3. The van der Waals surface area contributed by atoms with E-state index in [1.807, 2.05) is 0 Å². The van der Waals surface area contributed by atoms with Crippen LogP contribution in [-0.4, -0.2) is 62.0 Å². The molecule has 5 aliphatic rings. The van der Waals surface area contributed by atoms with Crippen molar-refractivity contribution in [3.05, 3.63) is 48.0 Å². The number of ether oxygens (including phenoxy) is 5. The second-order valence-electron chi connectivity index (χ2n) is 21.4. The Kier molecular flexibility index (Phi) is 23.3. The number of fused-ring (bicyclic) bond motifs is 1. The van der Waals surface area contributed by atoms with Crippen LogP contribution in [0.15, 0.2) is 52.9 Å². The van der Waals surface area contributed by atoms with Gasteiger partial charge in [0.25, 0.3) is 0 Å². The van der Waals surface area contributed by atoms with Gasteiger partial charge in [0.05, 0.1) is 41.6 Å². The van der Waals surface area contributed by atoms with E-state index >= 15 is 0 Å². The van der Waals surface area contributed by atoms with E-state index in [2.05, 4.69) is 27.0 Å². The Morgan fingerprint density at radius 1 is 0.569 bits per heavy atom. The Bertz CT molecular complexity index is 2030. The summed E-state index contributed by atoms with van der Waals surface area (Å²) in [5, 5.41) is 0.265. The van der Waals surface area contributed by atoms with Crippen molar-refractivity contribution in [2.24, 2.45) is 47.3 Å². The molecule has 0 aromatic heterocycles. The fourth-order valence-corrected chi connectivity index (χ4v) is 13.6. The Labute approximate surface area is 434 Å². The van der Waals surface area contributed by atoms with Gasteiger partial charge in [0.15, 0.2) is 11.5 Å². The largest absolute Gasteiger partial charge is 0.463 e. The number of carbonyl (C=O) groups is 6. The minimum Gasteiger partial charge on any atom is -0.463 e. The molecule has 1 heterocycles. The molecule has 4 saturated carbocycles. The fraction of sp³-hybridized carbons (Fsp3) is 0.695. The highest BCUT2D eigenvalue weighted by atomic mass is 32.2. The van der Waals surface area contributed by atoms with Gasteiger partial charge in [-0.3, -0.25) is 14.4 Å². The molecule has 0 bridgehead atoms. The van der Waals surface area contributed by atoms with E-state index < -0.39 is 23.7 Å². The van der Waals surface area contributed by atoms with Crippen LogP contribution < -0.4 is 14.4 Å². The monoisotopic (exact) mass is 1020 g/mol. The standard InChI is InChI=1S/C59H85NO11S/c1-6-10-16-41-18-22-43(23-19-41)45-26-30-47(31-27-45)57(64)70-49-34-35-50(71-58(65)48-32-28-46(29-33-48)44-24-20-42(21-25-44)17-11-7-2)55-54(49)60(36-12-13-37-67-51(62)8-3)56(72-55)53(40(5)61)59(66)69-39-15-14-38-68-52(63)9-4/h8-9,34-35,41-48H,3-4,6-7,10-33,36-39H2,1-2,5H3. The number of esters is 5. The zero-order valence-corrected chi connectivity index (χ0v) is 44.7. The summed E-state index contributed by atoms with van der Waals surface area (Å²) in [6.07, 6.45) is 29.1. The van der Waals surface area contributed by atoms with Crippen molar-refractivity contribution in [2.75, 3.05) is 31.3 Å². The number of benzene rings is 1. The molecule has 12 nitrogen and oxygen atoms in total. The van der Waals surface area contributed by atoms with Crippen molar-refractivity contribution in [3.63, 3.8) is 0 Å². The van der Waals surface area contributed by atoms with Gasteiger partial charge in [-0.25, -0.2) is 14.4 Å². The van der Waals surface area contributed by atoms with Gasteiger partial charge < -0.3 is 28.6 Å². The molecule has 0 radical (unpaired) electrons. The summed E-state index contributed by atoms with van der Waals surface area (Å²) in [5.74, 6) is 1.28. The molecule has 398 valence electrons. The van der Waals surface area contributed by atoms with E-state index in [4.69, 9.17) is 23.7 Å². The van der Waals surface area contributed by atoms with Crippen molar-refractivity contribution in [3.8, 4) is 11.5 Å². The van der Waals surface area contributed by atoms with Gasteiger partial charge in [0, 0.05) is 18.7 Å². The summed E-state index contributed by atoms with van der Waals surface area (Å²) in [6, 6.07) is 3.34. The van der Waals surface area contributed by atoms with E-state index in [1.54, 1.807) is 17.0 Å². The van der Waals surface area contributed by atoms with Crippen molar-refractivity contribution >= 4 is 53.1 Å². The second kappa shape index (κ2) is 29.5. The molecular formula is C59H85NO11S. The van der Waals surface area contributed by atoms with Crippen LogP contribution in [0.4, 0.5) is 5.69 Å². The Morgan fingerprint density at radius 2 is 0.986 bits per heavy atom. The number of hydrogen-bond donors (Lipinski definition) is 0. The maximum absolute atomic E-state index is 14.3. The second-order valence-corrected chi connectivity index (χ2v) is 22.4. The summed E-state index contributed by atoms with van der Waals surface area (Å²) < 4.78 is 28.8. The van der Waals surface area contributed by atoms with E-state index in [1.165, 1.54) is 96.8 Å². The highest BCUT2D eigenvalue weighted by Crippen LogP contribution is 2.57. The smallest absolute Gasteiger partial charge is 0.344 e. The predicted molar refractivity (Wildman–Crippen MR) is 281 cm³/mol. The quantitative estimate of drug-likeness (QED) is 0.0165. The van der Waals surface area contributed by atoms with E-state index in [-0.39, 0.29) is 72.2 Å². The maximum Gasteiger partial charge on any atom is 0.344 e. The number of hydrogen-bond acceptors (Lipinski definition) is 13. The summed E-state index contributed by atoms with van der Waals surface area (Å²) in [4.78, 5) is 81.8. The molecule has 0 atom stereocenters. The number of rotatable bonds is 26. The Hall–Kier alpha value is -4.39. The third kappa shape index (κ3) is 16.3. The first-order chi connectivity index (χ1) is 34.9. The van der Waals surface area contributed by atoms with Crippen molar-refractivity contribution in [1.29, 1.82) is 0 Å². The van der Waals surface area contributed by atoms with Crippen LogP contribution in [-0.2, 0) is 43.0 Å². The van der Waals surface area contributed by atoms with E-state index in [9.17, 15) is 28.8 Å². The number of unbranched alkanes of at least 4 members (excludes halogenated alkanes) is 4. The molecule has 1 aliphatic heterocycles. The van der Waals surface area contributed by atoms with Gasteiger partial charge in [-0.2, -0.15) is 0 Å². The minimum absolute atomic E-state index is 0.0303. The molecule has 6 rings (SSSR count). The number of anilines is 1. The van der Waals surface area contributed by atoms with Crippen LogP contribution in [0.5, 0.6) is 11.5 Å². The zero-order chi connectivity index (χ0) is 51.4. The van der Waals surface area contributed by atoms with E-state index in [0.717, 1.165) is 93.0 Å². The number of Topliss-reactive ketones (excluding diaryl/α,β-unsaturated/α-hetero) is 1. The normalized spacial score (nSPS) is 25.8. The number of thioether (sulfide) groups is 1. The SMILES string of the molecule is C=CC(=O)OCCCCOC(=O)C(C(C)=O)=C1Sc2c(OC(=O)C3CCC(C4CCC(CCCC)CC4)CC3)ccc(OC(=O)C3CCC(C4CCC(CCCC)CC4)CC3)c2N1CCCCOC(=O)C=C. The first-order valence-corrected chi connectivity index (χ1v) is 28.8. The van der Waals surface area contributed by atoms with Gasteiger partial charge in [-0.15, -0.1) is 0 Å². The Morgan fingerprint density at radius 3 is 1.43 bits per heavy atom. The molecule has 4 fully saturated rings. The van der Waals surface area contributed by atoms with Gasteiger partial charge in [0.1, 0.15) is 17.0 Å². The Balaban J connectivity index is 1.22. The zero-order valence-electron chi connectivity index (χ0n) is 43.9. The molecule has 0 amide bonds. The molecular weight excluding hydrogens is 931 g/mol. The first kappa shape index (κ1) is 56.9. The summed E-state index contributed by atoms with van der Waals surface area (Å²) in [6.45, 7) is 13.2. The number of carbonyl (C=O) groups excluding carboxylic acids is 6. The van der Waals surface area contributed by atoms with Crippen molar-refractivity contribution in [1.82, 2.24) is 0 Å². The van der Waals surface area contributed by atoms with Crippen molar-refractivity contribution < 1.29 is 52.5 Å². The molecule has 1 aromatic rings. The summed E-state index contributed by atoms with van der Waals surface area (Å²) in [5.41, 5.74) is 0.233. The van der Waals surface area contributed by atoms with Crippen LogP contribution in [0.3, 0.4) is 0 Å². The average Bonchev–Trinajstić information content (AvgIpc) is 3.77. The highest BCUT2D eigenvalue weighted by molar-refractivity contribution is 8.04. The minimum atomic E-state index is -0.833. The lowest BCUT2D eigenvalue weighted by molar-refractivity contribution is -0.142. The molecule has 72 heavy (non-hydrogen) atoms. The van der Waals surface area contributed by atoms with Gasteiger partial charge in [0.2, 0.25) is 0 Å². The molecule has 1 aromatic carbocycles. The average molecular weight is 1020 g/mol. The van der Waals surface area contributed by atoms with Crippen LogP contribution in [0, 0.1) is 47.3 Å². The van der Waals surface area contributed by atoms with Crippen LogP contribution >= 0.6 is 11.8 Å². The lowest BCUT2D eigenvalue weighted by atomic mass is 9.68. The molecule has 4 aliphatic carbocycles. The van der Waals surface area contributed by atoms with Crippen LogP contribution in [0.1, 0.15) is 188 Å². The lowest BCUT2D eigenvalue weighted by Gasteiger charge is -2.37. The number of nitrogens with zero attached hydrogens (tertiary/aromatic N) is 1. The topological polar surface area (TPSA) is 152 Å². The predicted octanol–water partition coefficient (Wildman–Crippen LogP) is 13.4. The first-order valence-electron chi connectivity index (χ1n) is 28.0. The molecule has 0 N–H and O–H groups in total. The molecule has 0 unspecified atom stereocenters. The highest BCUT2D eigenvalue weighted by Gasteiger charge is 2.41. The van der Waals surface area contributed by atoms with E-state index in [0.29, 0.717) is 54.0 Å². The molecule has 13 heteroatoms. The summed E-state index contributed by atoms with van der Waals surface area (Å²) in [7, 11) is 0. The van der Waals surface area contributed by atoms with Gasteiger partial charge in [-0.05, 0) is 157 Å². The summed E-state index contributed by atoms with van der Waals surface area (Å²) >= 11 is 1.12. The number of ketones is 1. The fourth-order valence-electron chi connectivity index (χ4n) is 12.3. The van der Waals surface area contributed by atoms with Gasteiger partial charge >= 0.3 is 29.8 Å². The molecule has 0 saturated heterocycles.